The average Bonchev–Trinajstić information content (AvgIpc) is 2.43. The lowest BCUT2D eigenvalue weighted by Gasteiger charge is -2.41. The number of aliphatic hydroxyl groups is 1. The maximum absolute atomic E-state index is 9.36. The molecule has 1 rings (SSSR count). The van der Waals surface area contributed by atoms with E-state index < -0.39 is 0 Å². The second kappa shape index (κ2) is 8.23. The highest BCUT2D eigenvalue weighted by Gasteiger charge is 2.30. The standard InChI is InChI=1S/C16H34N2O/c1-5-16(6-2,12-17-14(3)4)13-18-9-7-8-15(10-18)11-19/h14-15,17,19H,5-13H2,1-4H3. The van der Waals surface area contributed by atoms with Crippen LogP contribution in [0.5, 0.6) is 0 Å². The number of hydrogen-bond donors (Lipinski definition) is 2. The normalized spacial score (nSPS) is 22.1. The smallest absolute Gasteiger partial charge is 0.0471 e. The number of piperidine rings is 1. The maximum atomic E-state index is 9.36. The minimum atomic E-state index is 0.353. The summed E-state index contributed by atoms with van der Waals surface area (Å²) in [6, 6.07) is 0.559. The van der Waals surface area contributed by atoms with E-state index in [0.29, 0.717) is 24.0 Å². The second-order valence-corrected chi connectivity index (χ2v) is 6.67. The van der Waals surface area contributed by atoms with E-state index >= 15 is 0 Å². The summed E-state index contributed by atoms with van der Waals surface area (Å²) in [4.78, 5) is 2.58. The van der Waals surface area contributed by atoms with Crippen LogP contribution in [0.3, 0.4) is 0 Å². The monoisotopic (exact) mass is 270 g/mol. The van der Waals surface area contributed by atoms with Crippen LogP contribution in [0, 0.1) is 11.3 Å². The molecule has 0 aromatic rings. The first-order chi connectivity index (χ1) is 9.05. The summed E-state index contributed by atoms with van der Waals surface area (Å²) in [5.41, 5.74) is 0.390. The predicted octanol–water partition coefficient (Wildman–Crippen LogP) is 2.50. The minimum Gasteiger partial charge on any atom is -0.396 e. The van der Waals surface area contributed by atoms with Gasteiger partial charge >= 0.3 is 0 Å². The molecule has 3 nitrogen and oxygen atoms in total. The Kier molecular flexibility index (Phi) is 7.33. The SMILES string of the molecule is CCC(CC)(CNC(C)C)CN1CCCC(CO)C1. The van der Waals surface area contributed by atoms with Crippen LogP contribution in [-0.2, 0) is 0 Å². The molecular weight excluding hydrogens is 236 g/mol. The van der Waals surface area contributed by atoms with Gasteiger partial charge < -0.3 is 15.3 Å². The Morgan fingerprint density at radius 1 is 1.32 bits per heavy atom. The molecule has 2 N–H and O–H groups in total. The first-order valence-electron chi connectivity index (χ1n) is 8.12. The van der Waals surface area contributed by atoms with E-state index in [4.69, 9.17) is 0 Å². The van der Waals surface area contributed by atoms with Crippen LogP contribution in [-0.4, -0.2) is 48.8 Å². The Morgan fingerprint density at radius 3 is 2.53 bits per heavy atom. The number of rotatable bonds is 8. The zero-order valence-electron chi connectivity index (χ0n) is 13.4. The number of likely N-dealkylation sites (tertiary alicyclic amines) is 1. The van der Waals surface area contributed by atoms with Gasteiger partial charge in [-0.3, -0.25) is 0 Å². The van der Waals surface area contributed by atoms with Crippen LogP contribution in [0.2, 0.25) is 0 Å². The zero-order chi connectivity index (χ0) is 14.3. The first kappa shape index (κ1) is 16.9. The summed E-state index contributed by atoms with van der Waals surface area (Å²) in [7, 11) is 0. The highest BCUT2D eigenvalue weighted by molar-refractivity contribution is 4.85. The van der Waals surface area contributed by atoms with Gasteiger partial charge in [0.2, 0.25) is 0 Å². The first-order valence-corrected chi connectivity index (χ1v) is 8.12. The van der Waals surface area contributed by atoms with Crippen LogP contribution >= 0.6 is 0 Å². The van der Waals surface area contributed by atoms with Crippen LogP contribution in [0.15, 0.2) is 0 Å². The topological polar surface area (TPSA) is 35.5 Å². The third-order valence-electron chi connectivity index (χ3n) is 4.81. The Labute approximate surface area is 119 Å². The Bertz CT molecular complexity index is 239. The summed E-state index contributed by atoms with van der Waals surface area (Å²) in [5, 5.41) is 13.0. The van der Waals surface area contributed by atoms with Gasteiger partial charge in [0.15, 0.2) is 0 Å². The molecule has 1 atom stereocenters. The van der Waals surface area contributed by atoms with Crippen molar-refractivity contribution in [1.29, 1.82) is 0 Å². The fourth-order valence-corrected chi connectivity index (χ4v) is 3.12. The molecule has 19 heavy (non-hydrogen) atoms. The van der Waals surface area contributed by atoms with Crippen molar-refractivity contribution >= 4 is 0 Å². The van der Waals surface area contributed by atoms with E-state index in [1.165, 1.54) is 38.8 Å². The molecule has 0 bridgehead atoms. The van der Waals surface area contributed by atoms with Crippen molar-refractivity contribution in [3.05, 3.63) is 0 Å². The number of aliphatic hydroxyl groups excluding tert-OH is 1. The zero-order valence-corrected chi connectivity index (χ0v) is 13.4. The van der Waals surface area contributed by atoms with Gasteiger partial charge in [0.25, 0.3) is 0 Å². The molecule has 0 aromatic heterocycles. The van der Waals surface area contributed by atoms with Gasteiger partial charge in [0.05, 0.1) is 0 Å². The van der Waals surface area contributed by atoms with Gasteiger partial charge in [-0.1, -0.05) is 27.7 Å². The minimum absolute atomic E-state index is 0.353. The summed E-state index contributed by atoms with van der Waals surface area (Å²) in [6.45, 7) is 14.0. The van der Waals surface area contributed by atoms with Crippen molar-refractivity contribution in [2.75, 3.05) is 32.8 Å². The van der Waals surface area contributed by atoms with Crippen molar-refractivity contribution in [3.63, 3.8) is 0 Å². The predicted molar refractivity (Wildman–Crippen MR) is 82.4 cm³/mol. The molecular formula is C16H34N2O. The molecule has 0 spiro atoms. The second-order valence-electron chi connectivity index (χ2n) is 6.67. The number of nitrogens with one attached hydrogen (secondary N) is 1. The Hall–Kier alpha value is -0.120. The molecule has 1 unspecified atom stereocenters. The lowest BCUT2D eigenvalue weighted by Crippen LogP contribution is -2.48. The largest absolute Gasteiger partial charge is 0.396 e. The molecule has 0 radical (unpaired) electrons. The Morgan fingerprint density at radius 2 is 2.00 bits per heavy atom. The molecule has 1 heterocycles. The van der Waals surface area contributed by atoms with Crippen LogP contribution in [0.1, 0.15) is 53.4 Å². The Balaban J connectivity index is 2.56. The quantitative estimate of drug-likeness (QED) is 0.711. The maximum Gasteiger partial charge on any atom is 0.0471 e. The van der Waals surface area contributed by atoms with E-state index in [1.54, 1.807) is 0 Å². The van der Waals surface area contributed by atoms with Gasteiger partial charge in [-0.2, -0.15) is 0 Å². The van der Waals surface area contributed by atoms with Crippen molar-refractivity contribution < 1.29 is 5.11 Å². The number of nitrogens with zero attached hydrogens (tertiary/aromatic N) is 1. The molecule has 0 aliphatic carbocycles. The van der Waals surface area contributed by atoms with Crippen molar-refractivity contribution in [3.8, 4) is 0 Å². The van der Waals surface area contributed by atoms with Gasteiger partial charge in [0.1, 0.15) is 0 Å². The van der Waals surface area contributed by atoms with Gasteiger partial charge in [-0.25, -0.2) is 0 Å². The summed E-state index contributed by atoms with van der Waals surface area (Å²) in [6.07, 6.45) is 4.89. The summed E-state index contributed by atoms with van der Waals surface area (Å²) < 4.78 is 0. The summed E-state index contributed by atoms with van der Waals surface area (Å²) >= 11 is 0. The lowest BCUT2D eigenvalue weighted by atomic mass is 9.80. The van der Waals surface area contributed by atoms with Crippen LogP contribution in [0.25, 0.3) is 0 Å². The van der Waals surface area contributed by atoms with Crippen molar-refractivity contribution in [2.45, 2.75) is 59.4 Å². The third-order valence-corrected chi connectivity index (χ3v) is 4.81. The molecule has 114 valence electrons. The molecule has 0 aromatic carbocycles. The van der Waals surface area contributed by atoms with Gasteiger partial charge in [0, 0.05) is 32.3 Å². The number of hydrogen-bond acceptors (Lipinski definition) is 3. The van der Waals surface area contributed by atoms with E-state index in [9.17, 15) is 5.11 Å². The molecule has 1 saturated heterocycles. The lowest BCUT2D eigenvalue weighted by molar-refractivity contribution is 0.0716. The third kappa shape index (κ3) is 5.41. The van der Waals surface area contributed by atoms with Crippen molar-refractivity contribution in [1.82, 2.24) is 10.2 Å². The van der Waals surface area contributed by atoms with E-state index in [2.05, 4.69) is 37.9 Å². The van der Waals surface area contributed by atoms with Crippen LogP contribution in [0.4, 0.5) is 0 Å². The van der Waals surface area contributed by atoms with Crippen LogP contribution < -0.4 is 5.32 Å². The van der Waals surface area contributed by atoms with E-state index in [1.807, 2.05) is 0 Å². The molecule has 1 aliphatic heterocycles. The van der Waals surface area contributed by atoms with Gasteiger partial charge in [-0.05, 0) is 43.6 Å². The van der Waals surface area contributed by atoms with E-state index in [0.717, 1.165) is 13.1 Å². The summed E-state index contributed by atoms with van der Waals surface area (Å²) in [5.74, 6) is 0.498. The van der Waals surface area contributed by atoms with Crippen molar-refractivity contribution in [2.24, 2.45) is 11.3 Å². The molecule has 1 aliphatic rings. The highest BCUT2D eigenvalue weighted by Crippen LogP contribution is 2.29. The molecule has 3 heteroatoms. The fraction of sp³-hybridized carbons (Fsp3) is 1.00. The van der Waals surface area contributed by atoms with Gasteiger partial charge in [-0.15, -0.1) is 0 Å². The highest BCUT2D eigenvalue weighted by atomic mass is 16.3. The average molecular weight is 270 g/mol. The molecule has 0 amide bonds. The molecule has 0 saturated carbocycles. The van der Waals surface area contributed by atoms with E-state index in [-0.39, 0.29) is 0 Å². The fourth-order valence-electron chi connectivity index (χ4n) is 3.12. The molecule has 1 fully saturated rings.